The monoisotopic (exact) mass is 283 g/mol. The predicted molar refractivity (Wildman–Crippen MR) is 88.1 cm³/mol. The van der Waals surface area contributed by atoms with Gasteiger partial charge in [0.2, 0.25) is 0 Å². The van der Waals surface area contributed by atoms with Crippen LogP contribution >= 0.6 is 0 Å². The second-order valence-electron chi connectivity index (χ2n) is 7.52. The Bertz CT molecular complexity index is 254. The van der Waals surface area contributed by atoms with Gasteiger partial charge in [-0.05, 0) is 50.9 Å². The summed E-state index contributed by atoms with van der Waals surface area (Å²) >= 11 is 0. The van der Waals surface area contributed by atoms with Crippen LogP contribution in [0.2, 0.25) is 0 Å². The SMILES string of the molecule is CCCC(C)OC1(CNC(C)C)CCC(C(C)C)CC1. The molecule has 1 unspecified atom stereocenters. The van der Waals surface area contributed by atoms with Gasteiger partial charge in [-0.15, -0.1) is 0 Å². The molecule has 1 aliphatic rings. The van der Waals surface area contributed by atoms with E-state index in [9.17, 15) is 0 Å². The van der Waals surface area contributed by atoms with Crippen LogP contribution in [0.5, 0.6) is 0 Å². The van der Waals surface area contributed by atoms with Crippen LogP contribution in [0.25, 0.3) is 0 Å². The Labute approximate surface area is 127 Å². The van der Waals surface area contributed by atoms with Crippen molar-refractivity contribution in [3.63, 3.8) is 0 Å². The van der Waals surface area contributed by atoms with Crippen LogP contribution in [0.4, 0.5) is 0 Å². The molecule has 0 spiro atoms. The standard InChI is InChI=1S/C18H37NO/c1-7-8-16(6)20-18(13-19-15(4)5)11-9-17(10-12-18)14(2)3/h14-17,19H,7-13H2,1-6H3. The molecule has 0 aromatic rings. The van der Waals surface area contributed by atoms with Crippen LogP contribution in [0.1, 0.15) is 80.1 Å². The maximum atomic E-state index is 6.54. The third-order valence-electron chi connectivity index (χ3n) is 4.86. The highest BCUT2D eigenvalue weighted by molar-refractivity contribution is 4.91. The molecule has 0 heterocycles. The van der Waals surface area contributed by atoms with Crippen LogP contribution in [0.15, 0.2) is 0 Å². The minimum absolute atomic E-state index is 0.0875. The summed E-state index contributed by atoms with van der Waals surface area (Å²) in [7, 11) is 0. The molecule has 1 N–H and O–H groups in total. The first-order valence-electron chi connectivity index (χ1n) is 8.79. The zero-order chi connectivity index (χ0) is 15.2. The fourth-order valence-corrected chi connectivity index (χ4v) is 3.45. The van der Waals surface area contributed by atoms with Gasteiger partial charge in [0.1, 0.15) is 0 Å². The van der Waals surface area contributed by atoms with Gasteiger partial charge in [-0.25, -0.2) is 0 Å². The summed E-state index contributed by atoms with van der Waals surface area (Å²) in [6.07, 6.45) is 7.89. The average Bonchev–Trinajstić information content (AvgIpc) is 2.37. The fraction of sp³-hybridized carbons (Fsp3) is 1.00. The summed E-state index contributed by atoms with van der Waals surface area (Å²) in [4.78, 5) is 0. The normalized spacial score (nSPS) is 29.1. The largest absolute Gasteiger partial charge is 0.371 e. The topological polar surface area (TPSA) is 21.3 Å². The van der Waals surface area contributed by atoms with Crippen LogP contribution in [-0.4, -0.2) is 24.3 Å². The number of nitrogens with one attached hydrogen (secondary N) is 1. The van der Waals surface area contributed by atoms with Gasteiger partial charge in [-0.3, -0.25) is 0 Å². The van der Waals surface area contributed by atoms with Gasteiger partial charge in [0.05, 0.1) is 11.7 Å². The molecule has 0 amide bonds. The molecule has 1 fully saturated rings. The van der Waals surface area contributed by atoms with Gasteiger partial charge in [0.25, 0.3) is 0 Å². The van der Waals surface area contributed by atoms with Crippen molar-refractivity contribution in [1.82, 2.24) is 5.32 Å². The second-order valence-corrected chi connectivity index (χ2v) is 7.52. The molecule has 120 valence electrons. The van der Waals surface area contributed by atoms with Gasteiger partial charge in [0, 0.05) is 12.6 Å². The first kappa shape index (κ1) is 18.0. The molecule has 0 aromatic heterocycles. The van der Waals surface area contributed by atoms with Crippen molar-refractivity contribution < 1.29 is 4.74 Å². The quantitative estimate of drug-likeness (QED) is 0.692. The first-order chi connectivity index (χ1) is 9.38. The van der Waals surface area contributed by atoms with E-state index in [0.29, 0.717) is 12.1 Å². The van der Waals surface area contributed by atoms with E-state index in [1.54, 1.807) is 0 Å². The highest BCUT2D eigenvalue weighted by Crippen LogP contribution is 2.38. The molecule has 0 saturated heterocycles. The third-order valence-corrected chi connectivity index (χ3v) is 4.86. The van der Waals surface area contributed by atoms with E-state index < -0.39 is 0 Å². The fourth-order valence-electron chi connectivity index (χ4n) is 3.45. The second kappa shape index (κ2) is 8.38. The molecule has 0 aromatic carbocycles. The van der Waals surface area contributed by atoms with Crippen molar-refractivity contribution in [2.24, 2.45) is 11.8 Å². The van der Waals surface area contributed by atoms with Gasteiger partial charge < -0.3 is 10.1 Å². The molecule has 0 bridgehead atoms. The number of ether oxygens (including phenoxy) is 1. The summed E-state index contributed by atoms with van der Waals surface area (Å²) < 4.78 is 6.54. The Hall–Kier alpha value is -0.0800. The highest BCUT2D eigenvalue weighted by atomic mass is 16.5. The van der Waals surface area contributed by atoms with Gasteiger partial charge in [0.15, 0.2) is 0 Å². The zero-order valence-corrected chi connectivity index (χ0v) is 14.7. The molecular weight excluding hydrogens is 246 g/mol. The van der Waals surface area contributed by atoms with Crippen molar-refractivity contribution in [2.75, 3.05) is 6.54 Å². The molecule has 20 heavy (non-hydrogen) atoms. The molecule has 1 atom stereocenters. The predicted octanol–water partition coefficient (Wildman–Crippen LogP) is 4.77. The summed E-state index contributed by atoms with van der Waals surface area (Å²) in [5.74, 6) is 1.71. The van der Waals surface area contributed by atoms with E-state index in [0.717, 1.165) is 18.4 Å². The van der Waals surface area contributed by atoms with E-state index in [2.05, 4.69) is 46.9 Å². The number of hydrogen-bond donors (Lipinski definition) is 1. The summed E-state index contributed by atoms with van der Waals surface area (Å²) in [5, 5.41) is 3.62. The number of rotatable bonds is 8. The molecule has 2 heteroatoms. The molecule has 0 radical (unpaired) electrons. The van der Waals surface area contributed by atoms with Gasteiger partial charge in [-0.2, -0.15) is 0 Å². The van der Waals surface area contributed by atoms with E-state index in [1.807, 2.05) is 0 Å². The maximum absolute atomic E-state index is 6.54. The van der Waals surface area contributed by atoms with Crippen LogP contribution in [0, 0.1) is 11.8 Å². The first-order valence-corrected chi connectivity index (χ1v) is 8.79. The third kappa shape index (κ3) is 5.73. The Balaban J connectivity index is 2.61. The van der Waals surface area contributed by atoms with Crippen LogP contribution in [-0.2, 0) is 4.74 Å². The lowest BCUT2D eigenvalue weighted by atomic mass is 9.74. The summed E-state index contributed by atoms with van der Waals surface area (Å²) in [6.45, 7) is 14.7. The van der Waals surface area contributed by atoms with Gasteiger partial charge >= 0.3 is 0 Å². The lowest BCUT2D eigenvalue weighted by Gasteiger charge is -2.43. The van der Waals surface area contributed by atoms with Crippen LogP contribution in [0.3, 0.4) is 0 Å². The molecule has 1 rings (SSSR count). The smallest absolute Gasteiger partial charge is 0.0810 e. The zero-order valence-electron chi connectivity index (χ0n) is 14.7. The summed E-state index contributed by atoms with van der Waals surface area (Å²) in [6, 6.07) is 0.541. The van der Waals surface area contributed by atoms with E-state index >= 15 is 0 Å². The lowest BCUT2D eigenvalue weighted by Crippen LogP contribution is -2.49. The minimum Gasteiger partial charge on any atom is -0.371 e. The van der Waals surface area contributed by atoms with Gasteiger partial charge in [-0.1, -0.05) is 41.0 Å². The molecule has 2 nitrogen and oxygen atoms in total. The van der Waals surface area contributed by atoms with Crippen LogP contribution < -0.4 is 5.32 Å². The van der Waals surface area contributed by atoms with Crippen molar-refractivity contribution in [3.05, 3.63) is 0 Å². The summed E-state index contributed by atoms with van der Waals surface area (Å²) in [5.41, 5.74) is 0.0875. The number of hydrogen-bond acceptors (Lipinski definition) is 2. The van der Waals surface area contributed by atoms with Crippen molar-refractivity contribution >= 4 is 0 Å². The highest BCUT2D eigenvalue weighted by Gasteiger charge is 2.37. The van der Waals surface area contributed by atoms with E-state index in [-0.39, 0.29) is 5.60 Å². The molecule has 1 saturated carbocycles. The molecular formula is C18H37NO. The van der Waals surface area contributed by atoms with Crippen molar-refractivity contribution in [1.29, 1.82) is 0 Å². The minimum atomic E-state index is 0.0875. The lowest BCUT2D eigenvalue weighted by molar-refractivity contribution is -0.117. The maximum Gasteiger partial charge on any atom is 0.0810 e. The van der Waals surface area contributed by atoms with Crippen molar-refractivity contribution in [2.45, 2.75) is 97.8 Å². The van der Waals surface area contributed by atoms with E-state index in [1.165, 1.54) is 38.5 Å². The Morgan fingerprint density at radius 3 is 2.15 bits per heavy atom. The Kier molecular flexibility index (Phi) is 7.53. The molecule has 0 aliphatic heterocycles. The van der Waals surface area contributed by atoms with Crippen molar-refractivity contribution in [3.8, 4) is 0 Å². The average molecular weight is 284 g/mol. The Morgan fingerprint density at radius 2 is 1.70 bits per heavy atom. The Morgan fingerprint density at radius 1 is 1.10 bits per heavy atom. The van der Waals surface area contributed by atoms with E-state index in [4.69, 9.17) is 4.74 Å². The molecule has 1 aliphatic carbocycles.